The van der Waals surface area contributed by atoms with E-state index in [0.717, 1.165) is 11.1 Å². The second-order valence-electron chi connectivity index (χ2n) is 4.15. The molecule has 0 aliphatic rings. The number of hydrogen-bond donors (Lipinski definition) is 1. The lowest BCUT2D eigenvalue weighted by Gasteiger charge is -2.13. The molecule has 1 aromatic carbocycles. The van der Waals surface area contributed by atoms with E-state index < -0.39 is 6.10 Å². The van der Waals surface area contributed by atoms with Gasteiger partial charge in [-0.15, -0.1) is 0 Å². The number of aliphatic hydroxyl groups excluding tert-OH is 1. The Hall–Kier alpha value is -1.83. The molecule has 0 aliphatic heterocycles. The first-order valence-corrected chi connectivity index (χ1v) is 6.59. The average Bonchev–Trinajstić information content (AvgIpc) is 2.46. The minimum atomic E-state index is -0.582. The van der Waals surface area contributed by atoms with Crippen molar-refractivity contribution in [2.75, 3.05) is 20.3 Å². The summed E-state index contributed by atoms with van der Waals surface area (Å²) in [5, 5.41) is 8.65. The molecule has 1 atom stereocenters. The van der Waals surface area contributed by atoms with Crippen LogP contribution in [0.1, 0.15) is 24.5 Å². The van der Waals surface area contributed by atoms with Crippen molar-refractivity contribution >= 4 is 5.97 Å². The van der Waals surface area contributed by atoms with Crippen LogP contribution in [-0.2, 0) is 20.7 Å². The maximum atomic E-state index is 11.6. The summed E-state index contributed by atoms with van der Waals surface area (Å²) in [6, 6.07) is 7.59. The zero-order chi connectivity index (χ0) is 14.8. The topological polar surface area (TPSA) is 55.8 Å². The Morgan fingerprint density at radius 3 is 2.60 bits per heavy atom. The number of carbonyl (C=O) groups excluding carboxylic acids is 1. The van der Waals surface area contributed by atoms with Crippen LogP contribution in [-0.4, -0.2) is 37.5 Å². The molecule has 0 saturated heterocycles. The Bertz CT molecular complexity index is 467. The Labute approximate surface area is 119 Å². The number of ether oxygens (including phenoxy) is 2. The highest BCUT2D eigenvalue weighted by atomic mass is 16.6. The Balaban J connectivity index is 2.64. The molecule has 0 aliphatic carbocycles. The SMILES string of the molecule is CCOC(=O)[C@H](Cc1ccc(C#CCCO)cc1)OC. The smallest absolute Gasteiger partial charge is 0.335 e. The second kappa shape index (κ2) is 9.13. The standard InChI is InChI=1S/C16H20O4/c1-3-20-16(18)15(19-2)12-14-9-7-13(8-10-14)6-4-5-11-17/h7-10,15,17H,3,5,11-12H2,1-2H3/t15-/m0/s1. The summed E-state index contributed by atoms with van der Waals surface area (Å²) in [7, 11) is 1.50. The summed E-state index contributed by atoms with van der Waals surface area (Å²) in [6.45, 7) is 2.18. The fourth-order valence-electron chi connectivity index (χ4n) is 1.66. The fraction of sp³-hybridized carbons (Fsp3) is 0.438. The number of carbonyl (C=O) groups is 1. The molecular weight excluding hydrogens is 256 g/mol. The molecule has 0 saturated carbocycles. The van der Waals surface area contributed by atoms with Crippen LogP contribution in [0.2, 0.25) is 0 Å². The van der Waals surface area contributed by atoms with Gasteiger partial charge in [0.05, 0.1) is 13.2 Å². The van der Waals surface area contributed by atoms with Crippen molar-refractivity contribution in [3.05, 3.63) is 35.4 Å². The summed E-state index contributed by atoms with van der Waals surface area (Å²) in [6.07, 6.45) is 0.358. The van der Waals surface area contributed by atoms with E-state index in [0.29, 0.717) is 19.4 Å². The minimum Gasteiger partial charge on any atom is -0.464 e. The number of esters is 1. The number of hydrogen-bond acceptors (Lipinski definition) is 4. The van der Waals surface area contributed by atoms with Crippen LogP contribution in [0.5, 0.6) is 0 Å². The van der Waals surface area contributed by atoms with Crippen LogP contribution in [0, 0.1) is 11.8 Å². The summed E-state index contributed by atoms with van der Waals surface area (Å²) in [4.78, 5) is 11.6. The normalized spacial score (nSPS) is 11.3. The lowest BCUT2D eigenvalue weighted by Crippen LogP contribution is -2.27. The quantitative estimate of drug-likeness (QED) is 0.632. The zero-order valence-electron chi connectivity index (χ0n) is 11.9. The predicted octanol–water partition coefficient (Wildman–Crippen LogP) is 1.54. The molecule has 1 rings (SSSR count). The summed E-state index contributed by atoms with van der Waals surface area (Å²) in [5.41, 5.74) is 1.87. The summed E-state index contributed by atoms with van der Waals surface area (Å²) < 4.78 is 10.1. The maximum absolute atomic E-state index is 11.6. The molecule has 20 heavy (non-hydrogen) atoms. The van der Waals surface area contributed by atoms with Crippen LogP contribution >= 0.6 is 0 Å². The third-order valence-electron chi connectivity index (χ3n) is 2.68. The third kappa shape index (κ3) is 5.43. The van der Waals surface area contributed by atoms with Crippen molar-refractivity contribution in [3.8, 4) is 11.8 Å². The van der Waals surface area contributed by atoms with Gasteiger partial charge in [-0.2, -0.15) is 0 Å². The molecule has 0 radical (unpaired) electrons. The van der Waals surface area contributed by atoms with E-state index in [9.17, 15) is 4.79 Å². The van der Waals surface area contributed by atoms with Crippen LogP contribution in [0.25, 0.3) is 0 Å². The Morgan fingerprint density at radius 2 is 2.05 bits per heavy atom. The van der Waals surface area contributed by atoms with Crippen molar-refractivity contribution in [1.29, 1.82) is 0 Å². The van der Waals surface area contributed by atoms with Gasteiger partial charge in [0.15, 0.2) is 6.10 Å². The van der Waals surface area contributed by atoms with Crippen molar-refractivity contribution < 1.29 is 19.4 Å². The van der Waals surface area contributed by atoms with E-state index in [4.69, 9.17) is 14.6 Å². The zero-order valence-corrected chi connectivity index (χ0v) is 11.9. The molecule has 0 heterocycles. The molecule has 108 valence electrons. The molecule has 0 bridgehead atoms. The predicted molar refractivity (Wildman–Crippen MR) is 76.2 cm³/mol. The van der Waals surface area contributed by atoms with Crippen molar-refractivity contribution in [2.24, 2.45) is 0 Å². The van der Waals surface area contributed by atoms with Gasteiger partial charge in [-0.3, -0.25) is 0 Å². The molecule has 0 amide bonds. The highest BCUT2D eigenvalue weighted by Crippen LogP contribution is 2.09. The van der Waals surface area contributed by atoms with E-state index in [-0.39, 0.29) is 12.6 Å². The van der Waals surface area contributed by atoms with E-state index in [1.807, 2.05) is 24.3 Å². The Morgan fingerprint density at radius 1 is 1.35 bits per heavy atom. The van der Waals surface area contributed by atoms with Gasteiger partial charge < -0.3 is 14.6 Å². The molecule has 0 aromatic heterocycles. The highest BCUT2D eigenvalue weighted by molar-refractivity contribution is 5.75. The van der Waals surface area contributed by atoms with E-state index in [2.05, 4.69) is 11.8 Å². The molecule has 0 fully saturated rings. The molecule has 0 spiro atoms. The molecule has 4 heteroatoms. The molecule has 0 unspecified atom stereocenters. The molecule has 4 nitrogen and oxygen atoms in total. The second-order valence-corrected chi connectivity index (χ2v) is 4.15. The first-order chi connectivity index (χ1) is 9.71. The largest absolute Gasteiger partial charge is 0.464 e. The summed E-state index contributed by atoms with van der Waals surface area (Å²) >= 11 is 0. The highest BCUT2D eigenvalue weighted by Gasteiger charge is 2.19. The van der Waals surface area contributed by atoms with Crippen LogP contribution in [0.3, 0.4) is 0 Å². The third-order valence-corrected chi connectivity index (χ3v) is 2.68. The van der Waals surface area contributed by atoms with Crippen LogP contribution in [0.4, 0.5) is 0 Å². The van der Waals surface area contributed by atoms with Gasteiger partial charge in [-0.25, -0.2) is 4.79 Å². The van der Waals surface area contributed by atoms with E-state index >= 15 is 0 Å². The first kappa shape index (κ1) is 16.2. The summed E-state index contributed by atoms with van der Waals surface area (Å²) in [5.74, 6) is 5.46. The molecule has 1 aromatic rings. The van der Waals surface area contributed by atoms with Crippen LogP contribution in [0.15, 0.2) is 24.3 Å². The van der Waals surface area contributed by atoms with Gasteiger partial charge in [-0.05, 0) is 24.6 Å². The van der Waals surface area contributed by atoms with Crippen LogP contribution < -0.4 is 0 Å². The Kier molecular flexibility index (Phi) is 7.41. The average molecular weight is 276 g/mol. The van der Waals surface area contributed by atoms with Gasteiger partial charge in [0.25, 0.3) is 0 Å². The number of methoxy groups -OCH3 is 1. The van der Waals surface area contributed by atoms with Crippen molar-refractivity contribution in [1.82, 2.24) is 0 Å². The number of rotatable bonds is 6. The first-order valence-electron chi connectivity index (χ1n) is 6.59. The van der Waals surface area contributed by atoms with Gasteiger partial charge in [0.2, 0.25) is 0 Å². The monoisotopic (exact) mass is 276 g/mol. The lowest BCUT2D eigenvalue weighted by molar-refractivity contribution is -0.154. The van der Waals surface area contributed by atoms with Crippen molar-refractivity contribution in [2.45, 2.75) is 25.9 Å². The van der Waals surface area contributed by atoms with E-state index in [1.54, 1.807) is 6.92 Å². The van der Waals surface area contributed by atoms with Gasteiger partial charge >= 0.3 is 5.97 Å². The molecular formula is C16H20O4. The molecule has 1 N–H and O–H groups in total. The number of benzene rings is 1. The van der Waals surface area contributed by atoms with Gasteiger partial charge in [0, 0.05) is 25.5 Å². The maximum Gasteiger partial charge on any atom is 0.335 e. The van der Waals surface area contributed by atoms with E-state index in [1.165, 1.54) is 7.11 Å². The lowest BCUT2D eigenvalue weighted by atomic mass is 10.1. The minimum absolute atomic E-state index is 0.0696. The fourth-order valence-corrected chi connectivity index (χ4v) is 1.66. The van der Waals surface area contributed by atoms with Gasteiger partial charge in [-0.1, -0.05) is 24.0 Å². The number of aliphatic hydroxyl groups is 1. The van der Waals surface area contributed by atoms with Gasteiger partial charge in [0.1, 0.15) is 0 Å². The van der Waals surface area contributed by atoms with Crippen molar-refractivity contribution in [3.63, 3.8) is 0 Å².